The first-order valence-corrected chi connectivity index (χ1v) is 8.36. The van der Waals surface area contributed by atoms with Crippen LogP contribution in [0, 0.1) is 19.8 Å². The quantitative estimate of drug-likeness (QED) is 0.861. The van der Waals surface area contributed by atoms with E-state index in [-0.39, 0.29) is 11.8 Å². The molecule has 1 aromatic carbocycles. The van der Waals surface area contributed by atoms with Gasteiger partial charge in [0.1, 0.15) is 11.6 Å². The number of amides is 1. The smallest absolute Gasteiger partial charge is 0.223 e. The van der Waals surface area contributed by atoms with Gasteiger partial charge in [0.15, 0.2) is 0 Å². The number of carbonyl (C=O) groups is 1. The SMILES string of the molecule is Cc1nc(C)n(CCCNC(=O)C2CCc3ccccc3C2)n1. The van der Waals surface area contributed by atoms with Crippen LogP contribution in [0.5, 0.6) is 0 Å². The van der Waals surface area contributed by atoms with Gasteiger partial charge in [-0.05, 0) is 50.7 Å². The number of benzene rings is 1. The van der Waals surface area contributed by atoms with Crippen LogP contribution in [-0.4, -0.2) is 27.2 Å². The minimum Gasteiger partial charge on any atom is -0.356 e. The molecule has 1 unspecified atom stereocenters. The lowest BCUT2D eigenvalue weighted by Gasteiger charge is -2.23. The molecular formula is C18H24N4O. The molecule has 5 heteroatoms. The third-order valence-corrected chi connectivity index (χ3v) is 4.53. The first-order chi connectivity index (χ1) is 11.1. The molecule has 1 heterocycles. The normalized spacial score (nSPS) is 16.9. The average Bonchev–Trinajstić information content (AvgIpc) is 2.88. The molecular weight excluding hydrogens is 288 g/mol. The summed E-state index contributed by atoms with van der Waals surface area (Å²) in [5, 5.41) is 7.41. The van der Waals surface area contributed by atoms with Gasteiger partial charge in [0.05, 0.1) is 0 Å². The third-order valence-electron chi connectivity index (χ3n) is 4.53. The van der Waals surface area contributed by atoms with Gasteiger partial charge in [-0.1, -0.05) is 24.3 Å². The molecule has 5 nitrogen and oxygen atoms in total. The van der Waals surface area contributed by atoms with E-state index in [2.05, 4.69) is 39.7 Å². The van der Waals surface area contributed by atoms with Crippen molar-refractivity contribution in [2.45, 2.75) is 46.1 Å². The molecule has 3 rings (SSSR count). The van der Waals surface area contributed by atoms with Crippen LogP contribution in [0.15, 0.2) is 24.3 Å². The fourth-order valence-corrected chi connectivity index (χ4v) is 3.28. The predicted molar refractivity (Wildman–Crippen MR) is 89.1 cm³/mol. The predicted octanol–water partition coefficient (Wildman–Crippen LogP) is 2.21. The minimum atomic E-state index is 0.111. The highest BCUT2D eigenvalue weighted by molar-refractivity contribution is 5.79. The van der Waals surface area contributed by atoms with E-state index < -0.39 is 0 Å². The summed E-state index contributed by atoms with van der Waals surface area (Å²) >= 11 is 0. The summed E-state index contributed by atoms with van der Waals surface area (Å²) in [6.45, 7) is 5.33. The number of carbonyl (C=O) groups excluding carboxylic acids is 1. The van der Waals surface area contributed by atoms with E-state index in [0.717, 1.165) is 43.9 Å². The van der Waals surface area contributed by atoms with Gasteiger partial charge in [0.25, 0.3) is 0 Å². The zero-order valence-corrected chi connectivity index (χ0v) is 13.9. The summed E-state index contributed by atoms with van der Waals surface area (Å²) in [6.07, 6.45) is 3.69. The molecule has 1 aliphatic rings. The second-order valence-electron chi connectivity index (χ2n) is 6.28. The number of fused-ring (bicyclic) bond motifs is 1. The topological polar surface area (TPSA) is 59.8 Å². The van der Waals surface area contributed by atoms with Crippen molar-refractivity contribution in [1.29, 1.82) is 0 Å². The summed E-state index contributed by atoms with van der Waals surface area (Å²) < 4.78 is 1.90. The molecule has 1 aromatic heterocycles. The van der Waals surface area contributed by atoms with Crippen LogP contribution >= 0.6 is 0 Å². The van der Waals surface area contributed by atoms with Crippen LogP contribution in [0.2, 0.25) is 0 Å². The van der Waals surface area contributed by atoms with Crippen LogP contribution < -0.4 is 5.32 Å². The van der Waals surface area contributed by atoms with Crippen molar-refractivity contribution in [3.63, 3.8) is 0 Å². The third kappa shape index (κ3) is 3.78. The Bertz CT molecular complexity index is 692. The summed E-state index contributed by atoms with van der Waals surface area (Å²) in [6, 6.07) is 8.45. The van der Waals surface area contributed by atoms with Gasteiger partial charge >= 0.3 is 0 Å². The van der Waals surface area contributed by atoms with Crippen molar-refractivity contribution >= 4 is 5.91 Å². The molecule has 2 aromatic rings. The lowest BCUT2D eigenvalue weighted by atomic mass is 9.83. The number of aryl methyl sites for hydroxylation is 4. The van der Waals surface area contributed by atoms with Gasteiger partial charge in [0, 0.05) is 19.0 Å². The first kappa shape index (κ1) is 15.7. The molecule has 0 aliphatic heterocycles. The van der Waals surface area contributed by atoms with Crippen molar-refractivity contribution < 1.29 is 4.79 Å². The number of rotatable bonds is 5. The van der Waals surface area contributed by atoms with Crippen molar-refractivity contribution in [3.8, 4) is 0 Å². The van der Waals surface area contributed by atoms with E-state index >= 15 is 0 Å². The van der Waals surface area contributed by atoms with E-state index in [4.69, 9.17) is 0 Å². The summed E-state index contributed by atoms with van der Waals surface area (Å²) in [7, 11) is 0. The number of nitrogens with zero attached hydrogens (tertiary/aromatic N) is 3. The lowest BCUT2D eigenvalue weighted by Crippen LogP contribution is -2.35. The summed E-state index contributed by atoms with van der Waals surface area (Å²) in [5.74, 6) is 2.02. The zero-order valence-electron chi connectivity index (χ0n) is 13.9. The lowest BCUT2D eigenvalue weighted by molar-refractivity contribution is -0.125. The Balaban J connectivity index is 1.44. The van der Waals surface area contributed by atoms with Crippen LogP contribution in [0.3, 0.4) is 0 Å². The molecule has 1 amide bonds. The Kier molecular flexibility index (Phi) is 4.74. The van der Waals surface area contributed by atoms with Crippen LogP contribution in [0.25, 0.3) is 0 Å². The maximum absolute atomic E-state index is 12.3. The Hall–Kier alpha value is -2.17. The van der Waals surface area contributed by atoms with Gasteiger partial charge in [-0.2, -0.15) is 5.10 Å². The van der Waals surface area contributed by atoms with Gasteiger partial charge in [0.2, 0.25) is 5.91 Å². The molecule has 0 saturated carbocycles. The molecule has 122 valence electrons. The maximum Gasteiger partial charge on any atom is 0.223 e. The number of aromatic nitrogens is 3. The van der Waals surface area contributed by atoms with Crippen LogP contribution in [-0.2, 0) is 24.2 Å². The largest absolute Gasteiger partial charge is 0.356 e. The number of hydrogen-bond acceptors (Lipinski definition) is 3. The van der Waals surface area contributed by atoms with E-state index in [1.165, 1.54) is 11.1 Å². The van der Waals surface area contributed by atoms with Gasteiger partial charge in [-0.25, -0.2) is 4.98 Å². The standard InChI is InChI=1S/C18H24N4O/c1-13-20-14(2)22(21-13)11-5-10-19-18(23)17-9-8-15-6-3-4-7-16(15)12-17/h3-4,6-7,17H,5,8-12H2,1-2H3,(H,19,23). The molecule has 23 heavy (non-hydrogen) atoms. The number of hydrogen-bond donors (Lipinski definition) is 1. The Morgan fingerprint density at radius 2 is 2.09 bits per heavy atom. The van der Waals surface area contributed by atoms with Crippen molar-refractivity contribution in [1.82, 2.24) is 20.1 Å². The monoisotopic (exact) mass is 312 g/mol. The Labute approximate surface area is 137 Å². The molecule has 1 N–H and O–H groups in total. The van der Waals surface area contributed by atoms with Gasteiger partial charge < -0.3 is 5.32 Å². The maximum atomic E-state index is 12.3. The molecule has 1 atom stereocenters. The number of nitrogens with one attached hydrogen (secondary N) is 1. The second kappa shape index (κ2) is 6.94. The zero-order chi connectivity index (χ0) is 16.2. The Morgan fingerprint density at radius 1 is 1.30 bits per heavy atom. The van der Waals surface area contributed by atoms with E-state index in [0.29, 0.717) is 6.54 Å². The van der Waals surface area contributed by atoms with Crippen molar-refractivity contribution in [3.05, 3.63) is 47.0 Å². The first-order valence-electron chi connectivity index (χ1n) is 8.36. The van der Waals surface area contributed by atoms with E-state index in [9.17, 15) is 4.79 Å². The highest BCUT2D eigenvalue weighted by atomic mass is 16.1. The summed E-state index contributed by atoms with van der Waals surface area (Å²) in [5.41, 5.74) is 2.72. The highest BCUT2D eigenvalue weighted by Gasteiger charge is 2.23. The molecule has 1 aliphatic carbocycles. The minimum absolute atomic E-state index is 0.111. The van der Waals surface area contributed by atoms with Crippen molar-refractivity contribution in [2.75, 3.05) is 6.54 Å². The molecule has 0 radical (unpaired) electrons. The van der Waals surface area contributed by atoms with E-state index in [1.807, 2.05) is 18.5 Å². The molecule has 0 spiro atoms. The van der Waals surface area contributed by atoms with Gasteiger partial charge in [-0.3, -0.25) is 9.48 Å². The van der Waals surface area contributed by atoms with Gasteiger partial charge in [-0.15, -0.1) is 0 Å². The molecule has 0 saturated heterocycles. The van der Waals surface area contributed by atoms with E-state index in [1.54, 1.807) is 0 Å². The fourth-order valence-electron chi connectivity index (χ4n) is 3.28. The highest BCUT2D eigenvalue weighted by Crippen LogP contribution is 2.25. The summed E-state index contributed by atoms with van der Waals surface area (Å²) in [4.78, 5) is 16.6. The average molecular weight is 312 g/mol. The Morgan fingerprint density at radius 3 is 2.83 bits per heavy atom. The fraction of sp³-hybridized carbons (Fsp3) is 0.500. The van der Waals surface area contributed by atoms with Crippen LogP contribution in [0.1, 0.15) is 35.6 Å². The van der Waals surface area contributed by atoms with Crippen molar-refractivity contribution in [2.24, 2.45) is 5.92 Å². The molecule has 0 fully saturated rings. The van der Waals surface area contributed by atoms with Crippen LogP contribution in [0.4, 0.5) is 0 Å². The second-order valence-corrected chi connectivity index (χ2v) is 6.28. The molecule has 0 bridgehead atoms.